The summed E-state index contributed by atoms with van der Waals surface area (Å²) in [7, 11) is -3.86. The molecule has 1 N–H and O–H groups in total. The Kier molecular flexibility index (Phi) is 7.06. The van der Waals surface area contributed by atoms with Crippen LogP contribution in [-0.2, 0) is 10.0 Å². The minimum absolute atomic E-state index is 0.0372. The van der Waals surface area contributed by atoms with Gasteiger partial charge in [-0.1, -0.05) is 47.5 Å². The van der Waals surface area contributed by atoms with Gasteiger partial charge in [0.15, 0.2) is 0 Å². The Bertz CT molecular complexity index is 1250. The van der Waals surface area contributed by atoms with Crippen LogP contribution in [0, 0.1) is 5.82 Å². The highest BCUT2D eigenvalue weighted by Gasteiger charge is 2.36. The van der Waals surface area contributed by atoms with Gasteiger partial charge in [-0.2, -0.15) is 0 Å². The van der Waals surface area contributed by atoms with Gasteiger partial charge in [0.1, 0.15) is 5.82 Å². The van der Waals surface area contributed by atoms with Crippen LogP contribution in [0.15, 0.2) is 71.6 Å². The first kappa shape index (κ1) is 24.5. The van der Waals surface area contributed by atoms with Gasteiger partial charge in [0.05, 0.1) is 10.9 Å². The molecule has 3 aromatic carbocycles. The number of nitrogens with one attached hydrogen (secondary N) is 1. The molecular formula is C26H26Cl2FN3O2S. The molecule has 2 saturated heterocycles. The molecule has 0 saturated carbocycles. The molecule has 0 unspecified atom stereocenters. The second-order valence-corrected chi connectivity index (χ2v) is 11.7. The van der Waals surface area contributed by atoms with Gasteiger partial charge in [-0.05, 0) is 66.4 Å². The van der Waals surface area contributed by atoms with Crippen LogP contribution in [0.25, 0.3) is 0 Å². The fourth-order valence-electron chi connectivity index (χ4n) is 4.85. The maximum Gasteiger partial charge on any atom is 0.241 e. The quantitative estimate of drug-likeness (QED) is 0.436. The minimum Gasteiger partial charge on any atom is -0.371 e. The topological polar surface area (TPSA) is 52.7 Å². The zero-order chi connectivity index (χ0) is 24.6. The van der Waals surface area contributed by atoms with Crippen LogP contribution in [0.3, 0.4) is 0 Å². The number of sulfonamides is 1. The molecule has 2 aliphatic rings. The number of likely N-dealkylation sites (tertiary alicyclic amines) is 1. The van der Waals surface area contributed by atoms with E-state index in [0.29, 0.717) is 28.8 Å². The molecule has 184 valence electrons. The molecule has 5 rings (SSSR count). The van der Waals surface area contributed by atoms with E-state index >= 15 is 0 Å². The molecule has 0 spiro atoms. The first-order chi connectivity index (χ1) is 16.8. The number of hydrogen-bond donors (Lipinski definition) is 1. The van der Waals surface area contributed by atoms with Gasteiger partial charge >= 0.3 is 0 Å². The fraction of sp³-hybridized carbons (Fsp3) is 0.308. The lowest BCUT2D eigenvalue weighted by Gasteiger charge is -2.44. The number of halogens is 3. The normalized spacial score (nSPS) is 17.2. The van der Waals surface area contributed by atoms with E-state index < -0.39 is 15.8 Å². The average molecular weight is 534 g/mol. The van der Waals surface area contributed by atoms with Crippen LogP contribution in [0.5, 0.6) is 0 Å². The van der Waals surface area contributed by atoms with Gasteiger partial charge in [-0.15, -0.1) is 0 Å². The lowest BCUT2D eigenvalue weighted by Crippen LogP contribution is -2.60. The molecular weight excluding hydrogens is 508 g/mol. The first-order valence-corrected chi connectivity index (χ1v) is 13.9. The van der Waals surface area contributed by atoms with E-state index in [1.54, 1.807) is 6.07 Å². The van der Waals surface area contributed by atoms with Crippen LogP contribution in [-0.4, -0.2) is 45.5 Å². The Labute approximate surface area is 215 Å². The Morgan fingerprint density at radius 3 is 1.94 bits per heavy atom. The van der Waals surface area contributed by atoms with Gasteiger partial charge in [-0.3, -0.25) is 4.90 Å². The van der Waals surface area contributed by atoms with Crippen molar-refractivity contribution >= 4 is 38.9 Å². The fourth-order valence-corrected chi connectivity index (χ4v) is 6.37. The zero-order valence-electron chi connectivity index (χ0n) is 19.0. The summed E-state index contributed by atoms with van der Waals surface area (Å²) in [4.78, 5) is 4.18. The van der Waals surface area contributed by atoms with Crippen LogP contribution in [0.1, 0.15) is 30.0 Å². The highest BCUT2D eigenvalue weighted by atomic mass is 35.5. The number of rotatable bonds is 7. The van der Waals surface area contributed by atoms with E-state index in [-0.39, 0.29) is 17.0 Å². The molecule has 3 aromatic rings. The second-order valence-electron chi connectivity index (χ2n) is 9.12. The summed E-state index contributed by atoms with van der Waals surface area (Å²) in [6, 6.07) is 19.0. The van der Waals surface area contributed by atoms with Gasteiger partial charge in [0.2, 0.25) is 10.0 Å². The summed E-state index contributed by atoms with van der Waals surface area (Å²) in [5.41, 5.74) is 2.72. The van der Waals surface area contributed by atoms with Crippen molar-refractivity contribution in [3.63, 3.8) is 0 Å². The summed E-state index contributed by atoms with van der Waals surface area (Å²) in [6.45, 7) is 2.66. The molecule has 2 heterocycles. The van der Waals surface area contributed by atoms with Crippen LogP contribution >= 0.6 is 23.2 Å². The van der Waals surface area contributed by atoms with Crippen LogP contribution < -0.4 is 9.62 Å². The second kappa shape index (κ2) is 10.1. The van der Waals surface area contributed by atoms with Crippen molar-refractivity contribution in [1.29, 1.82) is 0 Å². The lowest BCUT2D eigenvalue weighted by molar-refractivity contribution is 0.105. The monoisotopic (exact) mass is 533 g/mol. The molecule has 9 heteroatoms. The molecule has 0 amide bonds. The largest absolute Gasteiger partial charge is 0.371 e. The third-order valence-corrected chi connectivity index (χ3v) is 8.61. The van der Waals surface area contributed by atoms with Crippen molar-refractivity contribution < 1.29 is 12.8 Å². The maximum absolute atomic E-state index is 14.3. The molecule has 35 heavy (non-hydrogen) atoms. The Morgan fingerprint density at radius 2 is 1.40 bits per heavy atom. The van der Waals surface area contributed by atoms with Crippen molar-refractivity contribution in [2.75, 3.05) is 31.1 Å². The highest BCUT2D eigenvalue weighted by Crippen LogP contribution is 2.34. The summed E-state index contributed by atoms with van der Waals surface area (Å²) < 4.78 is 43.3. The third-order valence-electron chi connectivity index (χ3n) is 6.61. The first-order valence-electron chi connectivity index (χ1n) is 11.6. The highest BCUT2D eigenvalue weighted by molar-refractivity contribution is 7.89. The van der Waals surface area contributed by atoms with E-state index in [1.807, 2.05) is 53.4 Å². The van der Waals surface area contributed by atoms with E-state index in [4.69, 9.17) is 23.2 Å². The molecule has 0 bridgehead atoms. The number of anilines is 1. The number of benzene rings is 3. The van der Waals surface area contributed by atoms with Crippen molar-refractivity contribution in [2.45, 2.75) is 29.8 Å². The van der Waals surface area contributed by atoms with E-state index in [9.17, 15) is 12.8 Å². The Balaban J connectivity index is 1.32. The molecule has 0 aromatic heterocycles. The minimum atomic E-state index is -3.86. The smallest absolute Gasteiger partial charge is 0.241 e. The maximum atomic E-state index is 14.3. The molecule has 5 nitrogen and oxygen atoms in total. The van der Waals surface area contributed by atoms with E-state index in [0.717, 1.165) is 43.1 Å². The summed E-state index contributed by atoms with van der Waals surface area (Å²) >= 11 is 12.2. The Morgan fingerprint density at radius 1 is 0.857 bits per heavy atom. The number of nitrogens with zero attached hydrogens (tertiary/aromatic N) is 2. The van der Waals surface area contributed by atoms with Crippen molar-refractivity contribution in [1.82, 2.24) is 9.62 Å². The van der Waals surface area contributed by atoms with E-state index in [1.165, 1.54) is 6.07 Å². The predicted molar refractivity (Wildman–Crippen MR) is 138 cm³/mol. The molecule has 2 aliphatic heterocycles. The SMILES string of the molecule is O=S(=O)(NC1CN(C(c2ccc(Cl)cc2)c2ccc(Cl)cc2)C1)c1cc(F)cc(N2CCCC2)c1. The van der Waals surface area contributed by atoms with Gasteiger partial charge in [0.25, 0.3) is 0 Å². The van der Waals surface area contributed by atoms with Gasteiger partial charge in [0, 0.05) is 48.0 Å². The average Bonchev–Trinajstić information content (AvgIpc) is 3.34. The molecule has 0 radical (unpaired) electrons. The van der Waals surface area contributed by atoms with Gasteiger partial charge < -0.3 is 4.90 Å². The molecule has 2 fully saturated rings. The van der Waals surface area contributed by atoms with Crippen LogP contribution in [0.2, 0.25) is 10.0 Å². The Hall–Kier alpha value is -2.16. The van der Waals surface area contributed by atoms with Crippen molar-refractivity contribution in [2.24, 2.45) is 0 Å². The van der Waals surface area contributed by atoms with Crippen LogP contribution in [0.4, 0.5) is 10.1 Å². The third kappa shape index (κ3) is 5.49. The van der Waals surface area contributed by atoms with Crippen molar-refractivity contribution in [3.8, 4) is 0 Å². The van der Waals surface area contributed by atoms with Crippen molar-refractivity contribution in [3.05, 3.63) is 93.7 Å². The van der Waals surface area contributed by atoms with E-state index in [2.05, 4.69) is 9.62 Å². The summed E-state index contributed by atoms with van der Waals surface area (Å²) in [6.07, 6.45) is 2.05. The zero-order valence-corrected chi connectivity index (χ0v) is 21.3. The summed E-state index contributed by atoms with van der Waals surface area (Å²) in [5, 5.41) is 1.31. The number of hydrogen-bond acceptors (Lipinski definition) is 4. The van der Waals surface area contributed by atoms with Gasteiger partial charge in [-0.25, -0.2) is 17.5 Å². The predicted octanol–water partition coefficient (Wildman–Crippen LogP) is 5.48. The lowest BCUT2D eigenvalue weighted by atomic mass is 9.93. The summed E-state index contributed by atoms with van der Waals surface area (Å²) in [5.74, 6) is -0.546. The standard InChI is InChI=1S/C26H26Cl2FN3O2S/c27-20-7-3-18(4-8-20)26(19-5-9-21(28)10-6-19)32-16-23(17-32)30-35(33,34)25-14-22(29)13-24(15-25)31-11-1-2-12-31/h3-10,13-15,23,26,30H,1-2,11-12,16-17H2. The molecule has 0 aliphatic carbocycles. The molecule has 0 atom stereocenters.